The number of rotatable bonds is 7. The number of piperidine rings is 1. The molecule has 1 N–H and O–H groups in total. The zero-order valence-electron chi connectivity index (χ0n) is 16.8. The Hall–Kier alpha value is -2.77. The summed E-state index contributed by atoms with van der Waals surface area (Å²) in [6, 6.07) is 4.83. The molecule has 1 amide bonds. The lowest BCUT2D eigenvalue weighted by molar-refractivity contribution is -0.122. The van der Waals surface area contributed by atoms with Gasteiger partial charge in [0.1, 0.15) is 11.6 Å². The number of nitrogens with one attached hydrogen (secondary N) is 1. The molecule has 0 bridgehead atoms. The van der Waals surface area contributed by atoms with Gasteiger partial charge in [-0.2, -0.15) is 5.10 Å². The van der Waals surface area contributed by atoms with Crippen molar-refractivity contribution in [2.75, 3.05) is 18.0 Å². The maximum Gasteiger partial charge on any atom is 0.268 e. The molecule has 1 saturated heterocycles. The number of nitrogens with zero attached hydrogens (tertiary/aromatic N) is 3. The molecule has 1 aromatic carbocycles. The fraction of sp³-hybridized carbons (Fsp3) is 0.500. The third-order valence-electron chi connectivity index (χ3n) is 5.83. The van der Waals surface area contributed by atoms with Crippen molar-refractivity contribution in [3.63, 3.8) is 0 Å². The van der Waals surface area contributed by atoms with Crippen LogP contribution in [0.25, 0.3) is 0 Å². The van der Waals surface area contributed by atoms with Crippen molar-refractivity contribution in [2.24, 2.45) is 11.8 Å². The van der Waals surface area contributed by atoms with Gasteiger partial charge in [0.15, 0.2) is 0 Å². The minimum Gasteiger partial charge on any atom is -0.370 e. The van der Waals surface area contributed by atoms with E-state index in [0.29, 0.717) is 25.4 Å². The number of amides is 1. The molecule has 1 aliphatic heterocycles. The van der Waals surface area contributed by atoms with E-state index < -0.39 is 11.6 Å². The number of carbonyl (C=O) groups is 1. The quantitative estimate of drug-likeness (QED) is 0.754. The Kier molecular flexibility index (Phi) is 6.11. The Morgan fingerprint density at radius 3 is 2.77 bits per heavy atom. The van der Waals surface area contributed by atoms with Crippen molar-refractivity contribution < 1.29 is 13.6 Å². The van der Waals surface area contributed by atoms with Crippen LogP contribution in [0, 0.1) is 23.5 Å². The molecule has 0 spiro atoms. The van der Waals surface area contributed by atoms with E-state index in [1.165, 1.54) is 4.68 Å². The molecule has 8 heteroatoms. The molecule has 1 unspecified atom stereocenters. The van der Waals surface area contributed by atoms with E-state index in [1.54, 1.807) is 12.3 Å². The van der Waals surface area contributed by atoms with Crippen LogP contribution in [0.1, 0.15) is 37.7 Å². The van der Waals surface area contributed by atoms with Gasteiger partial charge in [0, 0.05) is 44.2 Å². The molecule has 1 aromatic heterocycles. The number of benzene rings is 1. The van der Waals surface area contributed by atoms with Crippen LogP contribution in [-0.4, -0.2) is 28.8 Å². The molecule has 30 heavy (non-hydrogen) atoms. The normalized spacial score (nSPS) is 19.0. The van der Waals surface area contributed by atoms with Gasteiger partial charge in [0.2, 0.25) is 5.91 Å². The van der Waals surface area contributed by atoms with Crippen LogP contribution in [0.3, 0.4) is 0 Å². The number of hydrogen-bond donors (Lipinski definition) is 1. The minimum absolute atomic E-state index is 0.0397. The lowest BCUT2D eigenvalue weighted by Gasteiger charge is -2.34. The van der Waals surface area contributed by atoms with Gasteiger partial charge in [-0.25, -0.2) is 13.5 Å². The van der Waals surface area contributed by atoms with E-state index in [0.717, 1.165) is 56.1 Å². The molecule has 4 rings (SSSR count). The Morgan fingerprint density at radius 1 is 1.17 bits per heavy atom. The highest BCUT2D eigenvalue weighted by Gasteiger charge is 2.25. The van der Waals surface area contributed by atoms with Gasteiger partial charge in [-0.05, 0) is 55.7 Å². The molecule has 1 atom stereocenters. The predicted octanol–water partition coefficient (Wildman–Crippen LogP) is 2.85. The zero-order chi connectivity index (χ0) is 21.1. The third-order valence-corrected chi connectivity index (χ3v) is 5.83. The van der Waals surface area contributed by atoms with Gasteiger partial charge in [-0.3, -0.25) is 9.59 Å². The first-order valence-electron chi connectivity index (χ1n) is 10.5. The van der Waals surface area contributed by atoms with Crippen LogP contribution in [0.15, 0.2) is 35.3 Å². The molecule has 2 aliphatic rings. The van der Waals surface area contributed by atoms with E-state index in [1.807, 2.05) is 0 Å². The van der Waals surface area contributed by atoms with Gasteiger partial charge in [-0.1, -0.05) is 0 Å². The van der Waals surface area contributed by atoms with E-state index >= 15 is 0 Å². The van der Waals surface area contributed by atoms with Gasteiger partial charge in [-0.15, -0.1) is 0 Å². The molecule has 6 nitrogen and oxygen atoms in total. The summed E-state index contributed by atoms with van der Waals surface area (Å²) in [5.74, 6) is -0.547. The molecule has 160 valence electrons. The number of halogens is 2. The van der Waals surface area contributed by atoms with Crippen molar-refractivity contribution in [3.05, 3.63) is 58.0 Å². The lowest BCUT2D eigenvalue weighted by Crippen LogP contribution is -2.39. The van der Waals surface area contributed by atoms with Crippen molar-refractivity contribution >= 4 is 11.6 Å². The average molecular weight is 416 g/mol. The largest absolute Gasteiger partial charge is 0.370 e. The van der Waals surface area contributed by atoms with E-state index in [9.17, 15) is 18.4 Å². The van der Waals surface area contributed by atoms with Crippen molar-refractivity contribution in [1.82, 2.24) is 15.1 Å². The first-order chi connectivity index (χ1) is 14.5. The summed E-state index contributed by atoms with van der Waals surface area (Å²) < 4.78 is 28.5. The van der Waals surface area contributed by atoms with Gasteiger partial charge >= 0.3 is 0 Å². The molecule has 2 aromatic rings. The SMILES string of the molecule is O=C(CC1CCCN(c2cnn(CC3CC3)c(=O)c2)C1)NCc1cc(F)ccc1F. The standard InChI is InChI=1S/C22H26F2N4O2/c23-18-5-6-20(24)17(9-18)11-25-21(29)8-16-2-1-7-27(13-16)19-10-22(30)28(26-12-19)14-15-3-4-15/h5-6,9-10,12,15-16H,1-4,7-8,11,13-14H2,(H,25,29). The Balaban J connectivity index is 1.31. The van der Waals surface area contributed by atoms with Crippen LogP contribution in [0.5, 0.6) is 0 Å². The van der Waals surface area contributed by atoms with Gasteiger partial charge < -0.3 is 10.2 Å². The Morgan fingerprint density at radius 2 is 2.00 bits per heavy atom. The first kappa shape index (κ1) is 20.5. The highest BCUT2D eigenvalue weighted by molar-refractivity contribution is 5.76. The summed E-state index contributed by atoms with van der Waals surface area (Å²) in [5, 5.41) is 6.99. The van der Waals surface area contributed by atoms with E-state index in [4.69, 9.17) is 0 Å². The van der Waals surface area contributed by atoms with Crippen LogP contribution in [0.2, 0.25) is 0 Å². The third kappa shape index (κ3) is 5.23. The van der Waals surface area contributed by atoms with E-state index in [2.05, 4.69) is 15.3 Å². The molecule has 1 saturated carbocycles. The number of anilines is 1. The van der Waals surface area contributed by atoms with Gasteiger partial charge in [0.05, 0.1) is 11.9 Å². The first-order valence-corrected chi connectivity index (χ1v) is 10.5. The Labute approximate surface area is 173 Å². The zero-order valence-corrected chi connectivity index (χ0v) is 16.8. The number of carbonyl (C=O) groups excluding carboxylic acids is 1. The van der Waals surface area contributed by atoms with Gasteiger partial charge in [0.25, 0.3) is 5.56 Å². The summed E-state index contributed by atoms with van der Waals surface area (Å²) in [4.78, 5) is 26.7. The summed E-state index contributed by atoms with van der Waals surface area (Å²) >= 11 is 0. The molecule has 2 fully saturated rings. The summed E-state index contributed by atoms with van der Waals surface area (Å²) in [6.45, 7) is 2.13. The maximum absolute atomic E-state index is 13.7. The second-order valence-corrected chi connectivity index (χ2v) is 8.35. The van der Waals surface area contributed by atoms with Crippen LogP contribution >= 0.6 is 0 Å². The maximum atomic E-state index is 13.7. The summed E-state index contributed by atoms with van der Waals surface area (Å²) in [5.41, 5.74) is 0.835. The predicted molar refractivity (Wildman–Crippen MR) is 109 cm³/mol. The van der Waals surface area contributed by atoms with Crippen molar-refractivity contribution in [3.8, 4) is 0 Å². The smallest absolute Gasteiger partial charge is 0.268 e. The van der Waals surface area contributed by atoms with Crippen LogP contribution < -0.4 is 15.8 Å². The van der Waals surface area contributed by atoms with E-state index in [-0.39, 0.29) is 29.5 Å². The molecule has 0 radical (unpaired) electrons. The molecular weight excluding hydrogens is 390 g/mol. The summed E-state index contributed by atoms with van der Waals surface area (Å²) in [7, 11) is 0. The molecule has 2 heterocycles. The topological polar surface area (TPSA) is 67.2 Å². The Bertz CT molecular complexity index is 974. The van der Waals surface area contributed by atoms with Crippen molar-refractivity contribution in [2.45, 2.75) is 45.2 Å². The number of hydrogen-bond acceptors (Lipinski definition) is 4. The lowest BCUT2D eigenvalue weighted by atomic mass is 9.94. The summed E-state index contributed by atoms with van der Waals surface area (Å²) in [6.07, 6.45) is 6.19. The highest BCUT2D eigenvalue weighted by atomic mass is 19.1. The highest BCUT2D eigenvalue weighted by Crippen LogP contribution is 2.30. The molecule has 1 aliphatic carbocycles. The number of aromatic nitrogens is 2. The fourth-order valence-electron chi connectivity index (χ4n) is 3.95. The second-order valence-electron chi connectivity index (χ2n) is 8.35. The molecular formula is C22H26F2N4O2. The van der Waals surface area contributed by atoms with Crippen molar-refractivity contribution in [1.29, 1.82) is 0 Å². The monoisotopic (exact) mass is 416 g/mol. The second kappa shape index (κ2) is 8.93. The van der Waals surface area contributed by atoms with Crippen LogP contribution in [-0.2, 0) is 17.9 Å². The fourth-order valence-corrected chi connectivity index (χ4v) is 3.95. The average Bonchev–Trinajstić information content (AvgIpc) is 3.54. The van der Waals surface area contributed by atoms with Crippen LogP contribution in [0.4, 0.5) is 14.5 Å². The minimum atomic E-state index is -0.538.